The molecular weight excluding hydrogens is 196 g/mol. The van der Waals surface area contributed by atoms with E-state index in [4.69, 9.17) is 4.98 Å². The summed E-state index contributed by atoms with van der Waals surface area (Å²) >= 11 is 0. The van der Waals surface area contributed by atoms with Gasteiger partial charge in [0.05, 0.1) is 5.69 Å². The van der Waals surface area contributed by atoms with Crippen LogP contribution in [0.25, 0.3) is 0 Å². The lowest BCUT2D eigenvalue weighted by Crippen LogP contribution is -2.23. The molecule has 1 heterocycles. The lowest BCUT2D eigenvalue weighted by Gasteiger charge is -2.19. The van der Waals surface area contributed by atoms with Crippen molar-refractivity contribution in [2.24, 2.45) is 0 Å². The zero-order chi connectivity index (χ0) is 11.4. The average molecular weight is 216 g/mol. The number of pyridine rings is 1. The Balaban J connectivity index is 2.10. The van der Waals surface area contributed by atoms with Crippen molar-refractivity contribution in [3.05, 3.63) is 35.5 Å². The highest BCUT2D eigenvalue weighted by molar-refractivity contribution is 5.31. The fourth-order valence-electron chi connectivity index (χ4n) is 2.14. The first kappa shape index (κ1) is 11.6. The molecule has 2 heteroatoms. The summed E-state index contributed by atoms with van der Waals surface area (Å²) in [5, 5.41) is 0. The molecule has 0 amide bonds. The van der Waals surface area contributed by atoms with Gasteiger partial charge in [-0.25, -0.2) is 0 Å². The average Bonchev–Trinajstić information content (AvgIpc) is 2.35. The Bertz CT molecular complexity index is 343. The minimum Gasteiger partial charge on any atom is -0.298 e. The maximum Gasteiger partial charge on any atom is 0.0547 e. The van der Waals surface area contributed by atoms with Crippen molar-refractivity contribution < 1.29 is 0 Å². The summed E-state index contributed by atoms with van der Waals surface area (Å²) in [5.41, 5.74) is 3.68. The molecule has 0 bridgehead atoms. The third-order valence-electron chi connectivity index (χ3n) is 3.22. The monoisotopic (exact) mass is 216 g/mol. The molecule has 2 rings (SSSR count). The standard InChI is InChI=1S/C14H20N2/c1-3-16(4-2)11-13-10-9-12-7-5-6-8-14(12)15-13/h9-10H,3-6,8,11H2,1-2H3. The zero-order valence-corrected chi connectivity index (χ0v) is 10.3. The van der Waals surface area contributed by atoms with E-state index < -0.39 is 0 Å². The van der Waals surface area contributed by atoms with Crippen molar-refractivity contribution in [3.8, 4) is 0 Å². The second kappa shape index (κ2) is 5.44. The van der Waals surface area contributed by atoms with Crippen molar-refractivity contribution in [1.82, 2.24) is 9.88 Å². The highest BCUT2D eigenvalue weighted by Gasteiger charge is 2.12. The largest absolute Gasteiger partial charge is 0.298 e. The Morgan fingerprint density at radius 1 is 1.31 bits per heavy atom. The highest BCUT2D eigenvalue weighted by Crippen LogP contribution is 2.21. The first-order valence-electron chi connectivity index (χ1n) is 6.28. The molecule has 0 saturated carbocycles. The quantitative estimate of drug-likeness (QED) is 0.769. The molecule has 2 nitrogen and oxygen atoms in total. The number of aromatic nitrogens is 1. The van der Waals surface area contributed by atoms with Crippen molar-refractivity contribution in [2.45, 2.75) is 39.7 Å². The maximum absolute atomic E-state index is 4.74. The van der Waals surface area contributed by atoms with Crippen molar-refractivity contribution in [3.63, 3.8) is 0 Å². The van der Waals surface area contributed by atoms with Crippen LogP contribution in [0.3, 0.4) is 0 Å². The van der Waals surface area contributed by atoms with Gasteiger partial charge in [0.15, 0.2) is 0 Å². The molecule has 0 atom stereocenters. The number of rotatable bonds is 4. The van der Waals surface area contributed by atoms with Gasteiger partial charge in [0.1, 0.15) is 0 Å². The Hall–Kier alpha value is -0.890. The van der Waals surface area contributed by atoms with E-state index in [2.05, 4.69) is 37.3 Å². The fourth-order valence-corrected chi connectivity index (χ4v) is 2.14. The van der Waals surface area contributed by atoms with E-state index in [1.165, 1.54) is 23.4 Å². The van der Waals surface area contributed by atoms with Gasteiger partial charge < -0.3 is 0 Å². The minimum absolute atomic E-state index is 0.972. The van der Waals surface area contributed by atoms with Gasteiger partial charge in [-0.1, -0.05) is 19.9 Å². The van der Waals surface area contributed by atoms with Crippen molar-refractivity contribution in [1.29, 1.82) is 0 Å². The number of nitrogens with zero attached hydrogens (tertiary/aromatic N) is 2. The third kappa shape index (κ3) is 2.62. The van der Waals surface area contributed by atoms with Crippen LogP contribution in [0, 0.1) is 6.42 Å². The van der Waals surface area contributed by atoms with E-state index in [-0.39, 0.29) is 0 Å². The van der Waals surface area contributed by atoms with Gasteiger partial charge in [-0.2, -0.15) is 0 Å². The molecule has 0 unspecified atom stereocenters. The molecule has 2 radical (unpaired) electrons. The van der Waals surface area contributed by atoms with Gasteiger partial charge in [-0.3, -0.25) is 9.88 Å². The van der Waals surface area contributed by atoms with Crippen LogP contribution in [0.4, 0.5) is 0 Å². The zero-order valence-electron chi connectivity index (χ0n) is 10.3. The van der Waals surface area contributed by atoms with Gasteiger partial charge in [-0.05, 0) is 44.0 Å². The minimum atomic E-state index is 0.972. The molecule has 1 aromatic rings. The summed E-state index contributed by atoms with van der Waals surface area (Å²) in [6.07, 6.45) is 6.80. The summed E-state index contributed by atoms with van der Waals surface area (Å²) in [6.45, 7) is 7.55. The van der Waals surface area contributed by atoms with Gasteiger partial charge in [0.2, 0.25) is 0 Å². The summed E-state index contributed by atoms with van der Waals surface area (Å²) in [6, 6.07) is 4.33. The molecule has 0 N–H and O–H groups in total. The Kier molecular flexibility index (Phi) is 3.94. The van der Waals surface area contributed by atoms with Gasteiger partial charge in [-0.15, -0.1) is 0 Å². The summed E-state index contributed by atoms with van der Waals surface area (Å²) in [4.78, 5) is 7.14. The van der Waals surface area contributed by atoms with Crippen LogP contribution in [-0.4, -0.2) is 23.0 Å². The molecule has 1 aliphatic rings. The van der Waals surface area contributed by atoms with E-state index in [9.17, 15) is 0 Å². The number of aryl methyl sites for hydroxylation is 1. The summed E-state index contributed by atoms with van der Waals surface area (Å²) < 4.78 is 0. The molecule has 1 aromatic heterocycles. The number of hydrogen-bond acceptors (Lipinski definition) is 2. The van der Waals surface area contributed by atoms with Gasteiger partial charge in [0, 0.05) is 18.7 Å². The summed E-state index contributed by atoms with van der Waals surface area (Å²) in [5.74, 6) is 0. The lowest BCUT2D eigenvalue weighted by atomic mass is 9.96. The van der Waals surface area contributed by atoms with E-state index in [1.54, 1.807) is 0 Å². The predicted octanol–water partition coefficient (Wildman–Crippen LogP) is 2.69. The molecule has 0 aromatic carbocycles. The van der Waals surface area contributed by atoms with Gasteiger partial charge >= 0.3 is 0 Å². The lowest BCUT2D eigenvalue weighted by molar-refractivity contribution is 0.292. The SMILES string of the molecule is CCN(CC)Cc1ccc2c(n1)CCC[C]2. The third-order valence-corrected chi connectivity index (χ3v) is 3.22. The molecule has 0 spiro atoms. The smallest absolute Gasteiger partial charge is 0.0547 e. The molecule has 0 saturated heterocycles. The van der Waals surface area contributed by atoms with Crippen LogP contribution in [0.1, 0.15) is 43.6 Å². The Morgan fingerprint density at radius 3 is 2.88 bits per heavy atom. The highest BCUT2D eigenvalue weighted by atomic mass is 15.1. The second-order valence-electron chi connectivity index (χ2n) is 4.29. The van der Waals surface area contributed by atoms with E-state index in [0.717, 1.165) is 32.5 Å². The van der Waals surface area contributed by atoms with Crippen LogP contribution in [0.15, 0.2) is 12.1 Å². The maximum atomic E-state index is 4.74. The normalized spacial score (nSPS) is 15.2. The van der Waals surface area contributed by atoms with E-state index in [0.29, 0.717) is 0 Å². The van der Waals surface area contributed by atoms with Crippen LogP contribution < -0.4 is 0 Å². The van der Waals surface area contributed by atoms with Crippen LogP contribution in [0.2, 0.25) is 0 Å². The second-order valence-corrected chi connectivity index (χ2v) is 4.29. The first-order chi connectivity index (χ1) is 7.83. The van der Waals surface area contributed by atoms with E-state index >= 15 is 0 Å². The van der Waals surface area contributed by atoms with Crippen molar-refractivity contribution >= 4 is 0 Å². The summed E-state index contributed by atoms with van der Waals surface area (Å²) in [7, 11) is 0. The predicted molar refractivity (Wildman–Crippen MR) is 66.1 cm³/mol. The molecule has 16 heavy (non-hydrogen) atoms. The molecule has 86 valence electrons. The molecule has 0 aliphatic heterocycles. The molecule has 1 aliphatic carbocycles. The van der Waals surface area contributed by atoms with Crippen molar-refractivity contribution in [2.75, 3.05) is 13.1 Å². The number of fused-ring (bicyclic) bond motifs is 1. The topological polar surface area (TPSA) is 16.1 Å². The first-order valence-corrected chi connectivity index (χ1v) is 6.28. The molecule has 0 fully saturated rings. The van der Waals surface area contributed by atoms with Crippen LogP contribution in [0.5, 0.6) is 0 Å². The van der Waals surface area contributed by atoms with Gasteiger partial charge in [0.25, 0.3) is 0 Å². The van der Waals surface area contributed by atoms with E-state index in [1.807, 2.05) is 0 Å². The molecular formula is C14H20N2. The fraction of sp³-hybridized carbons (Fsp3) is 0.571. The Morgan fingerprint density at radius 2 is 2.12 bits per heavy atom. The number of hydrogen-bond donors (Lipinski definition) is 0. The van der Waals surface area contributed by atoms with Crippen LogP contribution in [-0.2, 0) is 13.0 Å². The Labute approximate surface area is 98.7 Å². The van der Waals surface area contributed by atoms with Crippen LogP contribution >= 0.6 is 0 Å².